The van der Waals surface area contributed by atoms with Gasteiger partial charge < -0.3 is 24.8 Å². The molecule has 1 aliphatic heterocycles. The average molecular weight is 271 g/mol. The van der Waals surface area contributed by atoms with Gasteiger partial charge in [0.25, 0.3) is 5.69 Å². The van der Waals surface area contributed by atoms with E-state index in [-0.39, 0.29) is 18.0 Å². The Bertz CT molecular complexity index is 449. The summed E-state index contributed by atoms with van der Waals surface area (Å²) in [5.74, 6) is 0.248. The van der Waals surface area contributed by atoms with Gasteiger partial charge in [-0.2, -0.15) is 0 Å². The predicted molar refractivity (Wildman–Crippen MR) is 61.5 cm³/mol. The molecule has 0 aromatic heterocycles. The lowest BCUT2D eigenvalue weighted by atomic mass is 10.1. The minimum absolute atomic E-state index is 0.0899. The molecule has 1 fully saturated rings. The molecule has 0 saturated carbocycles. The molecule has 2 rings (SSSR count). The molecule has 8 nitrogen and oxygen atoms in total. The minimum Gasteiger partial charge on any atom is -0.462 e. The maximum Gasteiger partial charge on any atom is 0.269 e. The maximum atomic E-state index is 10.5. The van der Waals surface area contributed by atoms with Crippen molar-refractivity contribution in [3.05, 3.63) is 34.4 Å². The zero-order valence-corrected chi connectivity index (χ0v) is 9.75. The second kappa shape index (κ2) is 5.49. The number of hydrogen-bond acceptors (Lipinski definition) is 7. The zero-order chi connectivity index (χ0) is 14.0. The number of aliphatic hydroxyl groups excluding tert-OH is 3. The van der Waals surface area contributed by atoms with Crippen LogP contribution in [0.1, 0.15) is 0 Å². The highest BCUT2D eigenvalue weighted by atomic mass is 16.7. The summed E-state index contributed by atoms with van der Waals surface area (Å²) in [6.07, 6.45) is -5.08. The van der Waals surface area contributed by atoms with Gasteiger partial charge in [0.2, 0.25) is 6.29 Å². The monoisotopic (exact) mass is 271 g/mol. The summed E-state index contributed by atoms with van der Waals surface area (Å²) in [6.45, 7) is -0.171. The van der Waals surface area contributed by atoms with Crippen LogP contribution in [-0.2, 0) is 4.74 Å². The van der Waals surface area contributed by atoms with Gasteiger partial charge in [-0.05, 0) is 12.1 Å². The summed E-state index contributed by atoms with van der Waals surface area (Å²) in [5, 5.41) is 38.8. The van der Waals surface area contributed by atoms with Crippen molar-refractivity contribution in [2.45, 2.75) is 24.6 Å². The molecular formula is C11H13NO7. The Kier molecular flexibility index (Phi) is 3.96. The topological polar surface area (TPSA) is 122 Å². The Labute approximate surface area is 108 Å². The van der Waals surface area contributed by atoms with Crippen LogP contribution in [-0.4, -0.2) is 51.5 Å². The Morgan fingerprint density at radius 3 is 2.42 bits per heavy atom. The number of rotatable bonds is 3. The van der Waals surface area contributed by atoms with Gasteiger partial charge in [0.1, 0.15) is 24.1 Å². The molecule has 8 heteroatoms. The highest BCUT2D eigenvalue weighted by molar-refractivity contribution is 5.36. The first-order chi connectivity index (χ1) is 8.99. The molecular weight excluding hydrogens is 258 g/mol. The summed E-state index contributed by atoms with van der Waals surface area (Å²) in [7, 11) is 0. The first kappa shape index (κ1) is 13.7. The van der Waals surface area contributed by atoms with Crippen LogP contribution in [0.2, 0.25) is 0 Å². The molecule has 0 radical (unpaired) electrons. The van der Waals surface area contributed by atoms with Gasteiger partial charge in [-0.15, -0.1) is 0 Å². The summed E-state index contributed by atoms with van der Waals surface area (Å²) in [6, 6.07) is 5.20. The van der Waals surface area contributed by atoms with Crippen LogP contribution in [0.5, 0.6) is 5.75 Å². The Balaban J connectivity index is 2.03. The number of benzene rings is 1. The molecule has 19 heavy (non-hydrogen) atoms. The molecule has 1 aliphatic rings. The fourth-order valence-electron chi connectivity index (χ4n) is 1.66. The van der Waals surface area contributed by atoms with E-state index in [1.807, 2.05) is 0 Å². The Morgan fingerprint density at radius 1 is 1.21 bits per heavy atom. The van der Waals surface area contributed by atoms with E-state index in [4.69, 9.17) is 9.47 Å². The quantitative estimate of drug-likeness (QED) is 0.496. The van der Waals surface area contributed by atoms with Crippen molar-refractivity contribution in [1.82, 2.24) is 0 Å². The van der Waals surface area contributed by atoms with E-state index in [0.717, 1.165) is 0 Å². The lowest BCUT2D eigenvalue weighted by molar-refractivity contribution is -0.384. The highest BCUT2D eigenvalue weighted by Gasteiger charge is 2.38. The average Bonchev–Trinajstić information content (AvgIpc) is 2.40. The van der Waals surface area contributed by atoms with E-state index in [0.29, 0.717) is 0 Å². The van der Waals surface area contributed by atoms with Crippen LogP contribution in [0.25, 0.3) is 0 Å². The van der Waals surface area contributed by atoms with E-state index in [1.54, 1.807) is 0 Å². The molecule has 0 amide bonds. The van der Waals surface area contributed by atoms with Crippen molar-refractivity contribution in [3.8, 4) is 5.75 Å². The summed E-state index contributed by atoms with van der Waals surface area (Å²) in [5.41, 5.74) is -0.0899. The molecule has 0 aliphatic carbocycles. The van der Waals surface area contributed by atoms with Crippen LogP contribution in [0.4, 0.5) is 5.69 Å². The third-order valence-electron chi connectivity index (χ3n) is 2.75. The van der Waals surface area contributed by atoms with Crippen molar-refractivity contribution in [1.29, 1.82) is 0 Å². The van der Waals surface area contributed by atoms with Crippen LogP contribution in [0.3, 0.4) is 0 Å². The van der Waals surface area contributed by atoms with Crippen molar-refractivity contribution in [3.63, 3.8) is 0 Å². The van der Waals surface area contributed by atoms with Crippen LogP contribution in [0.15, 0.2) is 24.3 Å². The summed E-state index contributed by atoms with van der Waals surface area (Å²) < 4.78 is 10.3. The molecule has 1 saturated heterocycles. The lowest BCUT2D eigenvalue weighted by Crippen LogP contribution is -2.54. The number of non-ortho nitro benzene ring substituents is 1. The maximum absolute atomic E-state index is 10.5. The zero-order valence-electron chi connectivity index (χ0n) is 9.75. The van der Waals surface area contributed by atoms with Gasteiger partial charge in [0.15, 0.2) is 0 Å². The minimum atomic E-state index is -1.40. The first-order valence-corrected chi connectivity index (χ1v) is 5.56. The number of nitro benzene ring substituents is 1. The van der Waals surface area contributed by atoms with Crippen LogP contribution < -0.4 is 4.74 Å². The molecule has 104 valence electrons. The fourth-order valence-corrected chi connectivity index (χ4v) is 1.66. The van der Waals surface area contributed by atoms with Crippen LogP contribution in [0, 0.1) is 10.1 Å². The Morgan fingerprint density at radius 2 is 1.84 bits per heavy atom. The van der Waals surface area contributed by atoms with Gasteiger partial charge >= 0.3 is 0 Å². The molecule has 0 spiro atoms. The van der Waals surface area contributed by atoms with Crippen LogP contribution >= 0.6 is 0 Å². The Hall–Kier alpha value is -1.74. The summed E-state index contributed by atoms with van der Waals surface area (Å²) >= 11 is 0. The molecule has 3 N–H and O–H groups in total. The van der Waals surface area contributed by atoms with E-state index in [9.17, 15) is 25.4 Å². The number of aliphatic hydroxyl groups is 3. The molecule has 4 atom stereocenters. The standard InChI is InChI=1S/C11H13NO7/c13-8-5-18-11(10(15)9(8)14)19-7-3-1-6(2-4-7)12(16)17/h1-4,8-11,13-15H,5H2/t8-,9+,10+,11+/m0/s1. The third kappa shape index (κ3) is 2.99. The summed E-state index contributed by atoms with van der Waals surface area (Å²) in [4.78, 5) is 9.93. The van der Waals surface area contributed by atoms with E-state index in [2.05, 4.69) is 0 Å². The molecule has 0 unspecified atom stereocenters. The van der Waals surface area contributed by atoms with E-state index < -0.39 is 29.5 Å². The molecule has 1 aromatic rings. The highest BCUT2D eigenvalue weighted by Crippen LogP contribution is 2.22. The van der Waals surface area contributed by atoms with Gasteiger partial charge in [0.05, 0.1) is 11.5 Å². The van der Waals surface area contributed by atoms with Gasteiger partial charge in [0, 0.05) is 12.1 Å². The SMILES string of the molecule is O=[N+]([O-])c1ccc(O[C@H]2OC[C@H](O)[C@@H](O)[C@H]2O)cc1. The van der Waals surface area contributed by atoms with E-state index in [1.165, 1.54) is 24.3 Å². The third-order valence-corrected chi connectivity index (χ3v) is 2.75. The van der Waals surface area contributed by atoms with Gasteiger partial charge in [-0.1, -0.05) is 0 Å². The molecule has 0 bridgehead atoms. The van der Waals surface area contributed by atoms with Crippen molar-refractivity contribution < 1.29 is 29.7 Å². The largest absolute Gasteiger partial charge is 0.462 e. The number of hydrogen-bond donors (Lipinski definition) is 3. The first-order valence-electron chi connectivity index (χ1n) is 5.56. The van der Waals surface area contributed by atoms with Gasteiger partial charge in [-0.25, -0.2) is 0 Å². The fraction of sp³-hybridized carbons (Fsp3) is 0.455. The number of ether oxygens (including phenoxy) is 2. The smallest absolute Gasteiger partial charge is 0.269 e. The van der Waals surface area contributed by atoms with Crippen molar-refractivity contribution in [2.75, 3.05) is 6.61 Å². The molecule has 1 heterocycles. The lowest BCUT2D eigenvalue weighted by Gasteiger charge is -2.34. The van der Waals surface area contributed by atoms with Crippen molar-refractivity contribution in [2.24, 2.45) is 0 Å². The molecule has 1 aromatic carbocycles. The second-order valence-corrected chi connectivity index (χ2v) is 4.12. The normalized spacial score (nSPS) is 30.9. The predicted octanol–water partition coefficient (Wildman–Crippen LogP) is -0.587. The van der Waals surface area contributed by atoms with Crippen molar-refractivity contribution >= 4 is 5.69 Å². The number of nitro groups is 1. The van der Waals surface area contributed by atoms with E-state index >= 15 is 0 Å². The van der Waals surface area contributed by atoms with Gasteiger partial charge in [-0.3, -0.25) is 10.1 Å². The number of nitrogens with zero attached hydrogens (tertiary/aromatic N) is 1. The second-order valence-electron chi connectivity index (χ2n) is 4.12.